The monoisotopic (exact) mass is 263 g/mol. The highest BCUT2D eigenvalue weighted by Gasteiger charge is 2.18. The molecule has 2 rings (SSSR count). The number of aryl methyl sites for hydroxylation is 1. The first-order chi connectivity index (χ1) is 9.02. The van der Waals surface area contributed by atoms with Gasteiger partial charge in [0.1, 0.15) is 6.04 Å². The molecule has 2 heterocycles. The number of hydrogen-bond donors (Lipinski definition) is 1. The van der Waals surface area contributed by atoms with Crippen molar-refractivity contribution in [3.63, 3.8) is 0 Å². The van der Waals surface area contributed by atoms with Gasteiger partial charge in [-0.3, -0.25) is 4.79 Å². The Morgan fingerprint density at radius 1 is 1.47 bits per heavy atom. The average molecular weight is 263 g/mol. The van der Waals surface area contributed by atoms with Crippen molar-refractivity contribution in [3.8, 4) is 0 Å². The van der Waals surface area contributed by atoms with E-state index in [-0.39, 0.29) is 0 Å². The predicted molar refractivity (Wildman–Crippen MR) is 65.5 cm³/mol. The van der Waals surface area contributed by atoms with Crippen LogP contribution in [0.3, 0.4) is 0 Å². The number of nitrogens with one attached hydrogen (secondary N) is 1. The lowest BCUT2D eigenvalue weighted by molar-refractivity contribution is -0.142. The SMILES string of the molecule is COC(=O)[C@H](C)NC(=O)c1cnc2onc(C)c2c1. The minimum atomic E-state index is -0.725. The molecule has 0 aromatic carbocycles. The Hall–Kier alpha value is -2.44. The van der Waals surface area contributed by atoms with Crippen molar-refractivity contribution in [1.29, 1.82) is 0 Å². The predicted octanol–water partition coefficient (Wildman–Crippen LogP) is 0.823. The van der Waals surface area contributed by atoms with E-state index in [1.165, 1.54) is 13.3 Å². The first-order valence-corrected chi connectivity index (χ1v) is 5.63. The van der Waals surface area contributed by atoms with Crippen molar-refractivity contribution in [3.05, 3.63) is 23.5 Å². The van der Waals surface area contributed by atoms with Crippen LogP contribution in [-0.4, -0.2) is 35.2 Å². The van der Waals surface area contributed by atoms with Crippen LogP contribution in [0.5, 0.6) is 0 Å². The van der Waals surface area contributed by atoms with E-state index in [0.717, 1.165) is 0 Å². The van der Waals surface area contributed by atoms with Gasteiger partial charge in [0, 0.05) is 6.20 Å². The number of pyridine rings is 1. The summed E-state index contributed by atoms with van der Waals surface area (Å²) in [4.78, 5) is 27.2. The van der Waals surface area contributed by atoms with Crippen LogP contribution in [0, 0.1) is 6.92 Å². The maximum atomic E-state index is 11.9. The van der Waals surface area contributed by atoms with Crippen molar-refractivity contribution in [1.82, 2.24) is 15.5 Å². The second kappa shape index (κ2) is 5.05. The fourth-order valence-corrected chi connectivity index (χ4v) is 1.58. The molecule has 0 spiro atoms. The third kappa shape index (κ3) is 2.54. The van der Waals surface area contributed by atoms with Crippen LogP contribution in [0.25, 0.3) is 11.1 Å². The molecule has 0 unspecified atom stereocenters. The van der Waals surface area contributed by atoms with Gasteiger partial charge in [-0.15, -0.1) is 0 Å². The normalized spacial score (nSPS) is 12.2. The molecule has 1 amide bonds. The number of carbonyl (C=O) groups excluding carboxylic acids is 2. The van der Waals surface area contributed by atoms with Crippen LogP contribution in [0.4, 0.5) is 0 Å². The maximum Gasteiger partial charge on any atom is 0.328 e. The summed E-state index contributed by atoms with van der Waals surface area (Å²) in [6.07, 6.45) is 1.37. The van der Waals surface area contributed by atoms with Crippen LogP contribution in [0.15, 0.2) is 16.8 Å². The Kier molecular flexibility index (Phi) is 3.46. The van der Waals surface area contributed by atoms with E-state index >= 15 is 0 Å². The summed E-state index contributed by atoms with van der Waals surface area (Å²) in [6, 6.07) is 0.893. The standard InChI is InChI=1S/C12H13N3O4/c1-6-9-4-8(5-13-11(9)19-15-6)10(16)14-7(2)12(17)18-3/h4-5,7H,1-3H3,(H,14,16)/t7-/m0/s1. The minimum Gasteiger partial charge on any atom is -0.467 e. The molecule has 0 fully saturated rings. The van der Waals surface area contributed by atoms with Crippen LogP contribution in [0.1, 0.15) is 23.0 Å². The number of carbonyl (C=O) groups is 2. The number of amides is 1. The summed E-state index contributed by atoms with van der Waals surface area (Å²) in [7, 11) is 1.26. The Labute approximate surface area is 108 Å². The molecule has 0 saturated carbocycles. The lowest BCUT2D eigenvalue weighted by atomic mass is 10.2. The van der Waals surface area contributed by atoms with Gasteiger partial charge in [0.15, 0.2) is 0 Å². The zero-order chi connectivity index (χ0) is 14.0. The zero-order valence-electron chi connectivity index (χ0n) is 10.8. The molecular weight excluding hydrogens is 250 g/mol. The van der Waals surface area contributed by atoms with E-state index in [2.05, 4.69) is 20.2 Å². The summed E-state index contributed by atoms with van der Waals surface area (Å²) < 4.78 is 9.48. The molecule has 0 aliphatic carbocycles. The van der Waals surface area contributed by atoms with Crippen molar-refractivity contribution >= 4 is 23.0 Å². The lowest BCUT2D eigenvalue weighted by Gasteiger charge is -2.11. The number of hydrogen-bond acceptors (Lipinski definition) is 6. The fraction of sp³-hybridized carbons (Fsp3) is 0.333. The fourth-order valence-electron chi connectivity index (χ4n) is 1.58. The Morgan fingerprint density at radius 2 is 2.21 bits per heavy atom. The smallest absolute Gasteiger partial charge is 0.328 e. The molecule has 7 nitrogen and oxygen atoms in total. The molecular formula is C12H13N3O4. The largest absolute Gasteiger partial charge is 0.467 e. The molecule has 1 N–H and O–H groups in total. The topological polar surface area (TPSA) is 94.3 Å². The van der Waals surface area contributed by atoms with E-state index < -0.39 is 17.9 Å². The van der Waals surface area contributed by atoms with E-state index in [0.29, 0.717) is 22.4 Å². The number of methoxy groups -OCH3 is 1. The van der Waals surface area contributed by atoms with Gasteiger partial charge in [0.25, 0.3) is 11.6 Å². The highest BCUT2D eigenvalue weighted by atomic mass is 16.5. The molecule has 7 heteroatoms. The van der Waals surface area contributed by atoms with E-state index in [1.807, 2.05) is 0 Å². The van der Waals surface area contributed by atoms with Gasteiger partial charge in [-0.1, -0.05) is 5.16 Å². The summed E-state index contributed by atoms with van der Waals surface area (Å²) in [5, 5.41) is 6.94. The number of fused-ring (bicyclic) bond motifs is 1. The van der Waals surface area contributed by atoms with Crippen molar-refractivity contribution in [2.24, 2.45) is 0 Å². The van der Waals surface area contributed by atoms with Gasteiger partial charge >= 0.3 is 5.97 Å². The lowest BCUT2D eigenvalue weighted by Crippen LogP contribution is -2.39. The van der Waals surface area contributed by atoms with Crippen molar-refractivity contribution < 1.29 is 18.8 Å². The number of esters is 1. The van der Waals surface area contributed by atoms with Crippen LogP contribution in [-0.2, 0) is 9.53 Å². The van der Waals surface area contributed by atoms with E-state index in [9.17, 15) is 9.59 Å². The summed E-state index contributed by atoms with van der Waals surface area (Å²) >= 11 is 0. The Bertz CT molecular complexity index is 635. The van der Waals surface area contributed by atoms with Crippen LogP contribution in [0.2, 0.25) is 0 Å². The quantitative estimate of drug-likeness (QED) is 0.824. The third-order valence-electron chi connectivity index (χ3n) is 2.67. The first kappa shape index (κ1) is 13.0. The van der Waals surface area contributed by atoms with Crippen molar-refractivity contribution in [2.75, 3.05) is 7.11 Å². The van der Waals surface area contributed by atoms with Gasteiger partial charge in [0.05, 0.1) is 23.8 Å². The molecule has 2 aromatic rings. The van der Waals surface area contributed by atoms with E-state index in [1.54, 1.807) is 19.9 Å². The highest BCUT2D eigenvalue weighted by Crippen LogP contribution is 2.16. The third-order valence-corrected chi connectivity index (χ3v) is 2.67. The number of rotatable bonds is 3. The molecule has 0 radical (unpaired) electrons. The highest BCUT2D eigenvalue weighted by molar-refractivity contribution is 5.98. The molecule has 2 aromatic heterocycles. The number of nitrogens with zero attached hydrogens (tertiary/aromatic N) is 2. The van der Waals surface area contributed by atoms with Crippen LogP contribution < -0.4 is 5.32 Å². The van der Waals surface area contributed by atoms with E-state index in [4.69, 9.17) is 4.52 Å². The molecule has 0 bridgehead atoms. The molecule has 0 aliphatic rings. The Morgan fingerprint density at radius 3 is 2.89 bits per heavy atom. The minimum absolute atomic E-state index is 0.328. The van der Waals surface area contributed by atoms with Gasteiger partial charge in [0.2, 0.25) is 0 Å². The van der Waals surface area contributed by atoms with Gasteiger partial charge < -0.3 is 14.6 Å². The molecule has 0 aliphatic heterocycles. The van der Waals surface area contributed by atoms with Gasteiger partial charge in [-0.25, -0.2) is 9.78 Å². The molecule has 100 valence electrons. The second-order valence-corrected chi connectivity index (χ2v) is 4.06. The molecule has 1 atom stereocenters. The molecule has 19 heavy (non-hydrogen) atoms. The number of aromatic nitrogens is 2. The molecule has 0 saturated heterocycles. The number of ether oxygens (including phenoxy) is 1. The summed E-state index contributed by atoms with van der Waals surface area (Å²) in [5.74, 6) is -0.920. The van der Waals surface area contributed by atoms with Gasteiger partial charge in [-0.05, 0) is 19.9 Å². The summed E-state index contributed by atoms with van der Waals surface area (Å²) in [6.45, 7) is 3.30. The second-order valence-electron chi connectivity index (χ2n) is 4.06. The Balaban J connectivity index is 2.21. The van der Waals surface area contributed by atoms with Crippen LogP contribution >= 0.6 is 0 Å². The zero-order valence-corrected chi connectivity index (χ0v) is 10.8. The average Bonchev–Trinajstić information content (AvgIpc) is 2.78. The van der Waals surface area contributed by atoms with Crippen molar-refractivity contribution in [2.45, 2.75) is 19.9 Å². The maximum absolute atomic E-state index is 11.9. The first-order valence-electron chi connectivity index (χ1n) is 5.63. The van der Waals surface area contributed by atoms with Gasteiger partial charge in [-0.2, -0.15) is 0 Å². The summed E-state index contributed by atoms with van der Waals surface area (Å²) in [5.41, 5.74) is 1.35.